The van der Waals surface area contributed by atoms with Crippen molar-refractivity contribution >= 4 is 0 Å². The molecule has 1 N–H and O–H groups in total. The van der Waals surface area contributed by atoms with Gasteiger partial charge in [0.1, 0.15) is 11.9 Å². The summed E-state index contributed by atoms with van der Waals surface area (Å²) in [4.78, 5) is 2.40. The van der Waals surface area contributed by atoms with E-state index in [0.29, 0.717) is 0 Å². The highest BCUT2D eigenvalue weighted by atomic mass is 19.1. The van der Waals surface area contributed by atoms with Crippen LogP contribution in [0.4, 0.5) is 4.39 Å². The highest BCUT2D eigenvalue weighted by Crippen LogP contribution is 2.22. The molecule has 0 spiro atoms. The Bertz CT molecular complexity index is 525. The Labute approximate surface area is 125 Å². The van der Waals surface area contributed by atoms with Gasteiger partial charge < -0.3 is 5.32 Å². The summed E-state index contributed by atoms with van der Waals surface area (Å²) < 4.78 is 13.3. The van der Waals surface area contributed by atoms with E-state index in [-0.39, 0.29) is 5.56 Å². The van der Waals surface area contributed by atoms with E-state index in [0.717, 1.165) is 43.7 Å². The van der Waals surface area contributed by atoms with Crippen LogP contribution in [0.25, 0.3) is 0 Å². The summed E-state index contributed by atoms with van der Waals surface area (Å²) in [5.41, 5.74) is 1.18. The summed E-state index contributed by atoms with van der Waals surface area (Å²) in [6, 6.07) is 7.58. The average Bonchev–Trinajstić information content (AvgIpc) is 3.33. The van der Waals surface area contributed by atoms with Gasteiger partial charge >= 0.3 is 0 Å². The lowest BCUT2D eigenvalue weighted by Crippen LogP contribution is -2.37. The maximum absolute atomic E-state index is 13.3. The second kappa shape index (κ2) is 6.55. The van der Waals surface area contributed by atoms with E-state index in [1.807, 2.05) is 6.07 Å². The second-order valence-corrected chi connectivity index (χ2v) is 6.33. The van der Waals surface area contributed by atoms with Crippen molar-refractivity contribution in [2.24, 2.45) is 5.92 Å². The molecule has 0 unspecified atom stereocenters. The van der Waals surface area contributed by atoms with Crippen molar-refractivity contribution in [3.05, 3.63) is 35.1 Å². The first-order valence-corrected chi connectivity index (χ1v) is 7.89. The van der Waals surface area contributed by atoms with Gasteiger partial charge in [-0.2, -0.15) is 5.26 Å². The van der Waals surface area contributed by atoms with Gasteiger partial charge in [0.15, 0.2) is 0 Å². The highest BCUT2D eigenvalue weighted by Gasteiger charge is 2.24. The lowest BCUT2D eigenvalue weighted by molar-refractivity contribution is 0.175. The van der Waals surface area contributed by atoms with Gasteiger partial charge in [0, 0.05) is 12.6 Å². The number of hydrogen-bond donors (Lipinski definition) is 1. The number of likely N-dealkylation sites (tertiary alicyclic amines) is 1. The van der Waals surface area contributed by atoms with Gasteiger partial charge in [0.25, 0.3) is 0 Å². The van der Waals surface area contributed by atoms with Crippen LogP contribution in [0.5, 0.6) is 0 Å². The Hall–Kier alpha value is -1.44. The number of nitrogens with zero attached hydrogens (tertiary/aromatic N) is 2. The molecule has 0 amide bonds. The number of hydrogen-bond acceptors (Lipinski definition) is 3. The third kappa shape index (κ3) is 4.03. The molecule has 1 aromatic carbocycles. The second-order valence-electron chi connectivity index (χ2n) is 6.33. The van der Waals surface area contributed by atoms with E-state index < -0.39 is 5.82 Å². The molecular formula is C17H22FN3. The Morgan fingerprint density at radius 1 is 1.24 bits per heavy atom. The average molecular weight is 287 g/mol. The molecular weight excluding hydrogens is 265 g/mol. The molecule has 0 bridgehead atoms. The Kier molecular flexibility index (Phi) is 4.52. The summed E-state index contributed by atoms with van der Waals surface area (Å²) >= 11 is 0. The maximum atomic E-state index is 13.3. The minimum atomic E-state index is -0.425. The van der Waals surface area contributed by atoms with Gasteiger partial charge in [-0.3, -0.25) is 4.90 Å². The molecule has 2 fully saturated rings. The molecule has 2 aliphatic rings. The fourth-order valence-electron chi connectivity index (χ4n) is 2.98. The summed E-state index contributed by atoms with van der Waals surface area (Å²) in [6.07, 6.45) is 5.16. The third-order valence-corrected chi connectivity index (χ3v) is 4.54. The molecule has 1 heterocycles. The topological polar surface area (TPSA) is 39.1 Å². The number of halogens is 1. The summed E-state index contributed by atoms with van der Waals surface area (Å²) in [6.45, 7) is 4.16. The molecule has 3 nitrogen and oxygen atoms in total. The van der Waals surface area contributed by atoms with Crippen LogP contribution in [0.1, 0.15) is 36.8 Å². The van der Waals surface area contributed by atoms with E-state index in [2.05, 4.69) is 10.2 Å². The van der Waals surface area contributed by atoms with Crippen LogP contribution in [0.3, 0.4) is 0 Å². The molecule has 1 aliphatic heterocycles. The van der Waals surface area contributed by atoms with Gasteiger partial charge in [0.2, 0.25) is 0 Å². The zero-order chi connectivity index (χ0) is 14.7. The molecule has 1 aliphatic carbocycles. The Morgan fingerprint density at radius 3 is 2.67 bits per heavy atom. The van der Waals surface area contributed by atoms with Crippen molar-refractivity contribution in [2.75, 3.05) is 19.6 Å². The molecule has 112 valence electrons. The largest absolute Gasteiger partial charge is 0.314 e. The molecule has 1 saturated heterocycles. The first kappa shape index (κ1) is 14.5. The molecule has 0 radical (unpaired) electrons. The molecule has 3 rings (SSSR count). The lowest BCUT2D eigenvalue weighted by atomic mass is 9.96. The van der Waals surface area contributed by atoms with Gasteiger partial charge in [-0.25, -0.2) is 4.39 Å². The Morgan fingerprint density at radius 2 is 2.00 bits per heavy atom. The summed E-state index contributed by atoms with van der Waals surface area (Å²) in [5.74, 6) is 0.371. The van der Waals surface area contributed by atoms with Crippen LogP contribution in [-0.2, 0) is 6.54 Å². The first-order valence-electron chi connectivity index (χ1n) is 7.89. The predicted octanol–water partition coefficient (Wildman–Crippen LogP) is 2.66. The maximum Gasteiger partial charge on any atom is 0.140 e. The molecule has 0 atom stereocenters. The molecule has 1 aromatic rings. The van der Waals surface area contributed by atoms with E-state index in [1.165, 1.54) is 31.7 Å². The SMILES string of the molecule is N#Cc1cc(CN2CCC(CNC3CC3)CC2)ccc1F. The van der Waals surface area contributed by atoms with E-state index in [9.17, 15) is 4.39 Å². The van der Waals surface area contributed by atoms with Crippen molar-refractivity contribution in [1.82, 2.24) is 10.2 Å². The van der Waals surface area contributed by atoms with Crippen molar-refractivity contribution in [2.45, 2.75) is 38.3 Å². The van der Waals surface area contributed by atoms with Crippen molar-refractivity contribution in [3.63, 3.8) is 0 Å². The number of piperidine rings is 1. The fourth-order valence-corrected chi connectivity index (χ4v) is 2.98. The van der Waals surface area contributed by atoms with Crippen LogP contribution in [0, 0.1) is 23.1 Å². The standard InChI is InChI=1S/C17H22FN3/c18-17-4-1-14(9-15(17)10-19)12-21-7-5-13(6-8-21)11-20-16-2-3-16/h1,4,9,13,16,20H,2-3,5-8,11-12H2. The number of nitrogens with one attached hydrogen (secondary N) is 1. The van der Waals surface area contributed by atoms with Crippen LogP contribution in [0.2, 0.25) is 0 Å². The monoisotopic (exact) mass is 287 g/mol. The van der Waals surface area contributed by atoms with Crippen LogP contribution in [0.15, 0.2) is 18.2 Å². The zero-order valence-corrected chi connectivity index (χ0v) is 12.3. The van der Waals surface area contributed by atoms with Gasteiger partial charge in [-0.1, -0.05) is 6.07 Å². The van der Waals surface area contributed by atoms with Crippen molar-refractivity contribution in [3.8, 4) is 6.07 Å². The normalized spacial score (nSPS) is 20.4. The zero-order valence-electron chi connectivity index (χ0n) is 12.3. The lowest BCUT2D eigenvalue weighted by Gasteiger charge is -2.32. The van der Waals surface area contributed by atoms with Crippen molar-refractivity contribution < 1.29 is 4.39 Å². The fraction of sp³-hybridized carbons (Fsp3) is 0.588. The third-order valence-electron chi connectivity index (χ3n) is 4.54. The predicted molar refractivity (Wildman–Crippen MR) is 80.1 cm³/mol. The minimum Gasteiger partial charge on any atom is -0.314 e. The van der Waals surface area contributed by atoms with E-state index in [1.54, 1.807) is 12.1 Å². The summed E-state index contributed by atoms with van der Waals surface area (Å²) in [5, 5.41) is 12.5. The number of rotatable bonds is 5. The minimum absolute atomic E-state index is 0.149. The molecule has 4 heteroatoms. The first-order chi connectivity index (χ1) is 10.2. The van der Waals surface area contributed by atoms with Gasteiger partial charge in [-0.05, 0) is 68.9 Å². The molecule has 0 aromatic heterocycles. The number of benzene rings is 1. The highest BCUT2D eigenvalue weighted by molar-refractivity contribution is 5.34. The van der Waals surface area contributed by atoms with Crippen LogP contribution in [-0.4, -0.2) is 30.6 Å². The van der Waals surface area contributed by atoms with Gasteiger partial charge in [-0.15, -0.1) is 0 Å². The molecule has 21 heavy (non-hydrogen) atoms. The summed E-state index contributed by atoms with van der Waals surface area (Å²) in [7, 11) is 0. The van der Waals surface area contributed by atoms with Crippen molar-refractivity contribution in [1.29, 1.82) is 5.26 Å². The molecule has 1 saturated carbocycles. The number of nitriles is 1. The van der Waals surface area contributed by atoms with E-state index in [4.69, 9.17) is 5.26 Å². The van der Waals surface area contributed by atoms with Gasteiger partial charge in [0.05, 0.1) is 5.56 Å². The van der Waals surface area contributed by atoms with E-state index >= 15 is 0 Å². The smallest absolute Gasteiger partial charge is 0.140 e. The Balaban J connectivity index is 1.47. The quantitative estimate of drug-likeness (QED) is 0.905. The van der Waals surface area contributed by atoms with Crippen LogP contribution < -0.4 is 5.32 Å². The van der Waals surface area contributed by atoms with Crippen LogP contribution >= 0.6 is 0 Å².